The fourth-order valence-corrected chi connectivity index (χ4v) is 1.62. The lowest BCUT2D eigenvalue weighted by Gasteiger charge is -2.08. The number of carbonyl (C=O) groups is 1. The number of nitrogens with zero attached hydrogens (tertiary/aromatic N) is 1. The van der Waals surface area contributed by atoms with E-state index in [4.69, 9.17) is 0 Å². The Hall–Kier alpha value is -2.51. The van der Waals surface area contributed by atoms with Gasteiger partial charge >= 0.3 is 11.9 Å². The number of anilines is 1. The topological polar surface area (TPSA) is 66.9 Å². The number of aromatic amines is 1. The molecule has 8 heteroatoms. The predicted molar refractivity (Wildman–Crippen MR) is 65.7 cm³/mol. The largest absolute Gasteiger partial charge is 0.397 e. The van der Waals surface area contributed by atoms with Crippen LogP contribution in [0.25, 0.3) is 5.69 Å². The van der Waals surface area contributed by atoms with E-state index in [1.54, 1.807) is 0 Å². The summed E-state index contributed by atoms with van der Waals surface area (Å²) in [6.07, 6.45) is -3.10. The molecule has 0 radical (unpaired) electrons. The van der Waals surface area contributed by atoms with Gasteiger partial charge in [0.2, 0.25) is 5.91 Å². The van der Waals surface area contributed by atoms with E-state index in [2.05, 4.69) is 10.3 Å². The molecule has 106 valence electrons. The highest BCUT2D eigenvalue weighted by Gasteiger charge is 2.31. The first-order chi connectivity index (χ1) is 9.35. The molecule has 1 aromatic heterocycles. The Bertz CT molecular complexity index is 656. The van der Waals surface area contributed by atoms with Crippen LogP contribution in [0.2, 0.25) is 0 Å². The zero-order chi connectivity index (χ0) is 14.8. The number of hydrogen-bond donors (Lipinski definition) is 2. The van der Waals surface area contributed by atoms with Gasteiger partial charge in [0.15, 0.2) is 0 Å². The minimum absolute atomic E-state index is 0.228. The van der Waals surface area contributed by atoms with Gasteiger partial charge in [0.1, 0.15) is 6.42 Å². The standard InChI is InChI=1S/C12H10F3N3O2/c13-12(14,15)7-10(19)17-8-1-3-9(4-2-8)18-6-5-16-11(18)20/h1-6H,7H2,(H,16,20)(H,17,19). The number of alkyl halides is 3. The number of benzene rings is 1. The average Bonchev–Trinajstić information content (AvgIpc) is 2.74. The third-order valence-corrected chi connectivity index (χ3v) is 2.44. The van der Waals surface area contributed by atoms with Crippen LogP contribution in [0.15, 0.2) is 41.5 Å². The maximum atomic E-state index is 12.0. The van der Waals surface area contributed by atoms with E-state index in [0.717, 1.165) is 0 Å². The van der Waals surface area contributed by atoms with Crippen molar-refractivity contribution >= 4 is 11.6 Å². The van der Waals surface area contributed by atoms with Gasteiger partial charge < -0.3 is 10.3 Å². The van der Waals surface area contributed by atoms with Crippen LogP contribution < -0.4 is 11.0 Å². The van der Waals surface area contributed by atoms with E-state index in [-0.39, 0.29) is 11.4 Å². The van der Waals surface area contributed by atoms with Gasteiger partial charge in [-0.05, 0) is 24.3 Å². The molecule has 0 aliphatic heterocycles. The van der Waals surface area contributed by atoms with Gasteiger partial charge in [-0.25, -0.2) is 4.79 Å². The molecule has 1 amide bonds. The van der Waals surface area contributed by atoms with Gasteiger partial charge in [0.25, 0.3) is 0 Å². The van der Waals surface area contributed by atoms with Crippen LogP contribution in [0.1, 0.15) is 6.42 Å². The normalized spacial score (nSPS) is 11.3. The molecule has 20 heavy (non-hydrogen) atoms. The van der Waals surface area contributed by atoms with Crippen molar-refractivity contribution in [2.45, 2.75) is 12.6 Å². The molecule has 0 unspecified atom stereocenters. The van der Waals surface area contributed by atoms with Crippen LogP contribution in [0.4, 0.5) is 18.9 Å². The average molecular weight is 285 g/mol. The fraction of sp³-hybridized carbons (Fsp3) is 0.167. The molecule has 0 saturated carbocycles. The van der Waals surface area contributed by atoms with Crippen LogP contribution in [-0.4, -0.2) is 21.6 Å². The zero-order valence-corrected chi connectivity index (χ0v) is 10.1. The number of H-pyrrole nitrogens is 1. The molecule has 1 heterocycles. The summed E-state index contributed by atoms with van der Waals surface area (Å²) in [4.78, 5) is 24.9. The molecule has 5 nitrogen and oxygen atoms in total. The smallest absolute Gasteiger partial charge is 0.326 e. The minimum atomic E-state index is -4.54. The number of aromatic nitrogens is 2. The third-order valence-electron chi connectivity index (χ3n) is 2.44. The second-order valence-electron chi connectivity index (χ2n) is 4.02. The van der Waals surface area contributed by atoms with Crippen LogP contribution in [-0.2, 0) is 4.79 Å². The second-order valence-corrected chi connectivity index (χ2v) is 4.02. The highest BCUT2D eigenvalue weighted by Crippen LogP contribution is 2.20. The summed E-state index contributed by atoms with van der Waals surface area (Å²) in [6, 6.07) is 5.86. The molecule has 2 N–H and O–H groups in total. The Kier molecular flexibility index (Phi) is 3.64. The van der Waals surface area contributed by atoms with Gasteiger partial charge in [0.05, 0.1) is 5.69 Å². The maximum Gasteiger partial charge on any atom is 0.397 e. The summed E-state index contributed by atoms with van der Waals surface area (Å²) in [7, 11) is 0. The number of nitrogens with one attached hydrogen (secondary N) is 2. The number of imidazole rings is 1. The van der Waals surface area contributed by atoms with Gasteiger partial charge in [-0.3, -0.25) is 9.36 Å². The monoisotopic (exact) mass is 285 g/mol. The van der Waals surface area contributed by atoms with E-state index >= 15 is 0 Å². The van der Waals surface area contributed by atoms with Crippen molar-refractivity contribution in [2.75, 3.05) is 5.32 Å². The van der Waals surface area contributed by atoms with Crippen LogP contribution in [0.5, 0.6) is 0 Å². The van der Waals surface area contributed by atoms with Crippen molar-refractivity contribution < 1.29 is 18.0 Å². The molecular formula is C12H10F3N3O2. The van der Waals surface area contributed by atoms with E-state index in [0.29, 0.717) is 5.69 Å². The molecule has 0 bridgehead atoms. The molecule has 0 aliphatic rings. The Morgan fingerprint density at radius 3 is 2.40 bits per heavy atom. The summed E-state index contributed by atoms with van der Waals surface area (Å²) >= 11 is 0. The van der Waals surface area contributed by atoms with Crippen LogP contribution in [0, 0.1) is 0 Å². The molecule has 0 spiro atoms. The van der Waals surface area contributed by atoms with Gasteiger partial charge in [-0.2, -0.15) is 13.2 Å². The van der Waals surface area contributed by atoms with E-state index in [1.165, 1.54) is 41.2 Å². The first-order valence-electron chi connectivity index (χ1n) is 5.58. The van der Waals surface area contributed by atoms with Crippen molar-refractivity contribution in [3.05, 3.63) is 47.1 Å². The quantitative estimate of drug-likeness (QED) is 0.906. The van der Waals surface area contributed by atoms with E-state index in [1.807, 2.05) is 0 Å². The number of hydrogen-bond acceptors (Lipinski definition) is 2. The first kappa shape index (κ1) is 13.9. The lowest BCUT2D eigenvalue weighted by molar-refractivity contribution is -0.150. The number of amides is 1. The van der Waals surface area contributed by atoms with Gasteiger partial charge in [-0.1, -0.05) is 0 Å². The summed E-state index contributed by atoms with van der Waals surface area (Å²) in [6.45, 7) is 0. The molecule has 0 saturated heterocycles. The van der Waals surface area contributed by atoms with Gasteiger partial charge in [-0.15, -0.1) is 0 Å². The lowest BCUT2D eigenvalue weighted by Crippen LogP contribution is -2.21. The predicted octanol–water partition coefficient (Wildman–Crippen LogP) is 2.06. The molecule has 0 fully saturated rings. The SMILES string of the molecule is O=C(CC(F)(F)F)Nc1ccc(-n2cc[nH]c2=O)cc1. The number of rotatable bonds is 3. The fourth-order valence-electron chi connectivity index (χ4n) is 1.62. The Morgan fingerprint density at radius 2 is 1.90 bits per heavy atom. The summed E-state index contributed by atoms with van der Waals surface area (Å²) < 4.78 is 37.3. The second kappa shape index (κ2) is 5.24. The van der Waals surface area contributed by atoms with E-state index in [9.17, 15) is 22.8 Å². The van der Waals surface area contributed by atoms with Crippen LogP contribution in [0.3, 0.4) is 0 Å². The number of carbonyl (C=O) groups excluding carboxylic acids is 1. The molecule has 1 aromatic carbocycles. The molecule has 2 rings (SSSR count). The summed E-state index contributed by atoms with van der Waals surface area (Å²) in [5, 5.41) is 2.13. The van der Waals surface area contributed by atoms with Crippen molar-refractivity contribution in [3.63, 3.8) is 0 Å². The van der Waals surface area contributed by atoms with Crippen molar-refractivity contribution in [1.29, 1.82) is 0 Å². The molecular weight excluding hydrogens is 275 g/mol. The summed E-state index contributed by atoms with van der Waals surface area (Å²) in [5.41, 5.74) is 0.426. The zero-order valence-electron chi connectivity index (χ0n) is 10.1. The Labute approximate surface area is 111 Å². The minimum Gasteiger partial charge on any atom is -0.326 e. The molecule has 2 aromatic rings. The van der Waals surface area contributed by atoms with Gasteiger partial charge in [0, 0.05) is 18.1 Å². The Balaban J connectivity index is 2.08. The maximum absolute atomic E-state index is 12.0. The third kappa shape index (κ3) is 3.50. The highest BCUT2D eigenvalue weighted by atomic mass is 19.4. The van der Waals surface area contributed by atoms with Crippen molar-refractivity contribution in [1.82, 2.24) is 9.55 Å². The highest BCUT2D eigenvalue weighted by molar-refractivity contribution is 5.91. The van der Waals surface area contributed by atoms with Crippen LogP contribution >= 0.6 is 0 Å². The number of halogens is 3. The lowest BCUT2D eigenvalue weighted by atomic mass is 10.2. The molecule has 0 aliphatic carbocycles. The Morgan fingerprint density at radius 1 is 1.25 bits per heavy atom. The van der Waals surface area contributed by atoms with E-state index < -0.39 is 18.5 Å². The summed E-state index contributed by atoms with van der Waals surface area (Å²) in [5.74, 6) is -1.14. The van der Waals surface area contributed by atoms with Crippen molar-refractivity contribution in [3.8, 4) is 5.69 Å². The first-order valence-corrected chi connectivity index (χ1v) is 5.58. The van der Waals surface area contributed by atoms with Crippen molar-refractivity contribution in [2.24, 2.45) is 0 Å². The molecule has 0 atom stereocenters.